The first-order valence-corrected chi connectivity index (χ1v) is 8.68. The van der Waals surface area contributed by atoms with Crippen LogP contribution in [-0.4, -0.2) is 10.2 Å². The summed E-state index contributed by atoms with van der Waals surface area (Å²) in [6.07, 6.45) is 0. The molecular weight excluding hydrogens is 320 g/mol. The third kappa shape index (κ3) is 2.42. The Bertz CT molecular complexity index is 1040. The molecule has 0 bridgehead atoms. The molecule has 0 aliphatic heterocycles. The normalized spacial score (nSPS) is 11.0. The van der Waals surface area contributed by atoms with Crippen LogP contribution in [0.2, 0.25) is 0 Å². The van der Waals surface area contributed by atoms with Crippen molar-refractivity contribution in [2.45, 2.75) is 13.8 Å². The van der Waals surface area contributed by atoms with Crippen LogP contribution >= 0.6 is 0 Å². The van der Waals surface area contributed by atoms with E-state index in [0.29, 0.717) is 11.1 Å². The molecule has 2 nitrogen and oxygen atoms in total. The zero-order chi connectivity index (χ0) is 18.3. The zero-order valence-corrected chi connectivity index (χ0v) is 14.8. The van der Waals surface area contributed by atoms with Crippen LogP contribution in [0.3, 0.4) is 0 Å². The van der Waals surface area contributed by atoms with Gasteiger partial charge in [0.15, 0.2) is 11.5 Å². The van der Waals surface area contributed by atoms with E-state index in [-0.39, 0.29) is 11.5 Å². The van der Waals surface area contributed by atoms with E-state index in [1.807, 2.05) is 86.6 Å². The van der Waals surface area contributed by atoms with E-state index >= 15 is 0 Å². The van der Waals surface area contributed by atoms with Gasteiger partial charge in [0.1, 0.15) is 0 Å². The van der Waals surface area contributed by atoms with Gasteiger partial charge in [-0.3, -0.25) is 0 Å². The topological polar surface area (TPSA) is 40.5 Å². The molecule has 2 N–H and O–H groups in total. The van der Waals surface area contributed by atoms with Gasteiger partial charge in [-0.1, -0.05) is 72.8 Å². The van der Waals surface area contributed by atoms with Gasteiger partial charge in [-0.25, -0.2) is 0 Å². The summed E-state index contributed by atoms with van der Waals surface area (Å²) < 4.78 is 0. The van der Waals surface area contributed by atoms with E-state index in [2.05, 4.69) is 0 Å². The van der Waals surface area contributed by atoms with Gasteiger partial charge in [0.2, 0.25) is 0 Å². The number of aromatic hydroxyl groups is 2. The van der Waals surface area contributed by atoms with Gasteiger partial charge in [-0.15, -0.1) is 0 Å². The van der Waals surface area contributed by atoms with Crippen molar-refractivity contribution in [2.24, 2.45) is 0 Å². The highest BCUT2D eigenvalue weighted by molar-refractivity contribution is 6.10. The zero-order valence-electron chi connectivity index (χ0n) is 14.8. The van der Waals surface area contributed by atoms with Gasteiger partial charge in [-0.05, 0) is 46.9 Å². The van der Waals surface area contributed by atoms with E-state index in [9.17, 15) is 10.2 Å². The average molecular weight is 340 g/mol. The fourth-order valence-corrected chi connectivity index (χ4v) is 3.66. The highest BCUT2D eigenvalue weighted by Gasteiger charge is 2.22. The predicted molar refractivity (Wildman–Crippen MR) is 108 cm³/mol. The first-order valence-electron chi connectivity index (χ1n) is 8.68. The Hall–Kier alpha value is -3.26. The maximum atomic E-state index is 11.0. The molecule has 0 unspecified atom stereocenters. The SMILES string of the molecule is Cc1ccccc1-c1c(O)c(O)c(-c2ccccc2C)c2ccccc12. The third-order valence-corrected chi connectivity index (χ3v) is 4.99. The maximum Gasteiger partial charge on any atom is 0.166 e. The van der Waals surface area contributed by atoms with Gasteiger partial charge in [-0.2, -0.15) is 0 Å². The number of hydrogen-bond donors (Lipinski definition) is 2. The quantitative estimate of drug-likeness (QED) is 0.426. The number of hydrogen-bond acceptors (Lipinski definition) is 2. The predicted octanol–water partition coefficient (Wildman–Crippen LogP) is 6.20. The van der Waals surface area contributed by atoms with E-state index in [1.54, 1.807) is 0 Å². The van der Waals surface area contributed by atoms with Crippen LogP contribution in [0.4, 0.5) is 0 Å². The number of phenols is 2. The molecule has 4 aromatic rings. The summed E-state index contributed by atoms with van der Waals surface area (Å²) in [5.74, 6) is -0.146. The van der Waals surface area contributed by atoms with Crippen LogP contribution in [-0.2, 0) is 0 Å². The van der Waals surface area contributed by atoms with Crippen molar-refractivity contribution < 1.29 is 10.2 Å². The molecule has 0 aliphatic carbocycles. The van der Waals surface area contributed by atoms with Gasteiger partial charge in [0.05, 0.1) is 0 Å². The fraction of sp³-hybridized carbons (Fsp3) is 0.0833. The number of phenolic OH excluding ortho intramolecular Hbond substituents is 2. The highest BCUT2D eigenvalue weighted by atomic mass is 16.3. The number of rotatable bonds is 2. The Morgan fingerprint density at radius 3 is 1.23 bits per heavy atom. The minimum absolute atomic E-state index is 0.0729. The standard InChI is InChI=1S/C24H20O2/c1-15-9-3-5-11-17(15)21-19-13-7-8-14-20(19)22(24(26)23(21)25)18-12-6-4-10-16(18)2/h3-14,25-26H,1-2H3. The van der Waals surface area contributed by atoms with Gasteiger partial charge in [0, 0.05) is 11.1 Å². The summed E-state index contributed by atoms with van der Waals surface area (Å²) in [6.45, 7) is 4.02. The molecule has 0 heterocycles. The first kappa shape index (κ1) is 16.2. The van der Waals surface area contributed by atoms with Gasteiger partial charge >= 0.3 is 0 Å². The molecule has 0 saturated heterocycles. The van der Waals surface area contributed by atoms with Crippen LogP contribution in [0.5, 0.6) is 11.5 Å². The van der Waals surface area contributed by atoms with Gasteiger partial charge in [0.25, 0.3) is 0 Å². The Kier molecular flexibility index (Phi) is 3.89. The minimum atomic E-state index is -0.0729. The molecular formula is C24H20O2. The lowest BCUT2D eigenvalue weighted by Gasteiger charge is -2.18. The summed E-state index contributed by atoms with van der Waals surface area (Å²) in [6, 6.07) is 23.7. The van der Waals surface area contributed by atoms with Crippen LogP contribution in [0.15, 0.2) is 72.8 Å². The third-order valence-electron chi connectivity index (χ3n) is 4.99. The Morgan fingerprint density at radius 2 is 0.846 bits per heavy atom. The smallest absolute Gasteiger partial charge is 0.166 e. The van der Waals surface area contributed by atoms with Crippen molar-refractivity contribution >= 4 is 10.8 Å². The molecule has 0 spiro atoms. The minimum Gasteiger partial charge on any atom is -0.504 e. The monoisotopic (exact) mass is 340 g/mol. The molecule has 0 aromatic heterocycles. The number of benzene rings is 4. The molecule has 128 valence electrons. The molecule has 0 atom stereocenters. The maximum absolute atomic E-state index is 11.0. The molecule has 4 aromatic carbocycles. The molecule has 0 amide bonds. The molecule has 0 saturated carbocycles. The van der Waals surface area contributed by atoms with E-state index in [0.717, 1.165) is 33.0 Å². The first-order chi connectivity index (χ1) is 12.6. The van der Waals surface area contributed by atoms with Crippen molar-refractivity contribution in [2.75, 3.05) is 0 Å². The van der Waals surface area contributed by atoms with Crippen LogP contribution in [0, 0.1) is 13.8 Å². The Morgan fingerprint density at radius 1 is 0.500 bits per heavy atom. The van der Waals surface area contributed by atoms with Crippen molar-refractivity contribution in [1.29, 1.82) is 0 Å². The Labute approximate surface area is 153 Å². The summed E-state index contributed by atoms with van der Waals surface area (Å²) in [7, 11) is 0. The summed E-state index contributed by atoms with van der Waals surface area (Å²) in [4.78, 5) is 0. The number of fused-ring (bicyclic) bond motifs is 1. The van der Waals surface area contributed by atoms with Crippen LogP contribution in [0.25, 0.3) is 33.0 Å². The fourth-order valence-electron chi connectivity index (χ4n) is 3.66. The highest BCUT2D eigenvalue weighted by Crippen LogP contribution is 2.50. The molecule has 0 fully saturated rings. The van der Waals surface area contributed by atoms with Crippen molar-refractivity contribution in [3.05, 3.63) is 83.9 Å². The van der Waals surface area contributed by atoms with Crippen molar-refractivity contribution in [3.63, 3.8) is 0 Å². The summed E-state index contributed by atoms with van der Waals surface area (Å²) >= 11 is 0. The summed E-state index contributed by atoms with van der Waals surface area (Å²) in [5, 5.41) is 23.8. The second-order valence-electron chi connectivity index (χ2n) is 6.62. The Balaban J connectivity index is 2.17. The van der Waals surface area contributed by atoms with Crippen molar-refractivity contribution in [1.82, 2.24) is 0 Å². The molecule has 26 heavy (non-hydrogen) atoms. The van der Waals surface area contributed by atoms with Gasteiger partial charge < -0.3 is 10.2 Å². The van der Waals surface area contributed by atoms with E-state index < -0.39 is 0 Å². The largest absolute Gasteiger partial charge is 0.504 e. The van der Waals surface area contributed by atoms with Crippen molar-refractivity contribution in [3.8, 4) is 33.8 Å². The lowest BCUT2D eigenvalue weighted by molar-refractivity contribution is 0.407. The second kappa shape index (κ2) is 6.23. The molecule has 0 aliphatic rings. The lowest BCUT2D eigenvalue weighted by Crippen LogP contribution is -1.92. The molecule has 2 heteroatoms. The second-order valence-corrected chi connectivity index (χ2v) is 6.62. The molecule has 4 rings (SSSR count). The lowest BCUT2D eigenvalue weighted by atomic mass is 9.88. The van der Waals surface area contributed by atoms with Crippen LogP contribution in [0.1, 0.15) is 11.1 Å². The number of aryl methyl sites for hydroxylation is 2. The van der Waals surface area contributed by atoms with E-state index in [1.165, 1.54) is 0 Å². The summed E-state index contributed by atoms with van der Waals surface area (Å²) in [5.41, 5.74) is 5.30. The average Bonchev–Trinajstić information content (AvgIpc) is 2.65. The molecule has 0 radical (unpaired) electrons. The van der Waals surface area contributed by atoms with Crippen LogP contribution < -0.4 is 0 Å². The van der Waals surface area contributed by atoms with E-state index in [4.69, 9.17) is 0 Å².